The van der Waals surface area contributed by atoms with E-state index in [4.69, 9.17) is 9.47 Å². The van der Waals surface area contributed by atoms with Crippen LogP contribution in [0, 0.1) is 5.92 Å². The summed E-state index contributed by atoms with van der Waals surface area (Å²) < 4.78 is 11.1. The molecular weight excluding hydrogens is 358 g/mol. The molecule has 8 nitrogen and oxygen atoms in total. The number of hydrogen-bond donors (Lipinski definition) is 2. The van der Waals surface area contributed by atoms with Crippen molar-refractivity contribution in [2.45, 2.75) is 38.6 Å². The van der Waals surface area contributed by atoms with Crippen molar-refractivity contribution in [2.75, 3.05) is 73.2 Å². The van der Waals surface area contributed by atoms with Gasteiger partial charge in [0.25, 0.3) is 0 Å². The summed E-state index contributed by atoms with van der Waals surface area (Å²) in [6, 6.07) is 0.405. The average Bonchev–Trinajstić information content (AvgIpc) is 3.19. The molecule has 0 aliphatic carbocycles. The van der Waals surface area contributed by atoms with E-state index in [2.05, 4.69) is 27.4 Å². The molecule has 0 aromatic rings. The molecule has 1 amide bonds. The lowest BCUT2D eigenvalue weighted by Gasteiger charge is -2.33. The number of amides is 1. The van der Waals surface area contributed by atoms with E-state index in [-0.39, 0.29) is 5.91 Å². The van der Waals surface area contributed by atoms with Crippen molar-refractivity contribution in [1.29, 1.82) is 0 Å². The third kappa shape index (κ3) is 8.75. The Morgan fingerprint density at radius 3 is 2.71 bits per heavy atom. The Morgan fingerprint density at radius 1 is 1.29 bits per heavy atom. The van der Waals surface area contributed by atoms with Crippen LogP contribution in [-0.4, -0.2) is 101 Å². The minimum Gasteiger partial charge on any atom is -0.381 e. The Morgan fingerprint density at radius 2 is 2.07 bits per heavy atom. The van der Waals surface area contributed by atoms with E-state index in [0.717, 1.165) is 84.2 Å². The van der Waals surface area contributed by atoms with Crippen LogP contribution in [0.15, 0.2) is 4.99 Å². The van der Waals surface area contributed by atoms with Crippen LogP contribution in [0.1, 0.15) is 32.6 Å². The van der Waals surface area contributed by atoms with Gasteiger partial charge in [0.15, 0.2) is 5.96 Å². The molecule has 1 atom stereocenters. The van der Waals surface area contributed by atoms with Crippen molar-refractivity contribution in [3.05, 3.63) is 0 Å². The zero-order valence-electron chi connectivity index (χ0n) is 17.9. The second-order valence-electron chi connectivity index (χ2n) is 7.90. The highest BCUT2D eigenvalue weighted by Crippen LogP contribution is 2.12. The summed E-state index contributed by atoms with van der Waals surface area (Å²) >= 11 is 0. The quantitative estimate of drug-likeness (QED) is 0.318. The summed E-state index contributed by atoms with van der Waals surface area (Å²) in [5.41, 5.74) is 0. The van der Waals surface area contributed by atoms with Gasteiger partial charge in [-0.3, -0.25) is 14.7 Å². The fourth-order valence-corrected chi connectivity index (χ4v) is 3.40. The van der Waals surface area contributed by atoms with Gasteiger partial charge in [0.05, 0.1) is 19.8 Å². The van der Waals surface area contributed by atoms with E-state index in [1.165, 1.54) is 0 Å². The van der Waals surface area contributed by atoms with Crippen LogP contribution < -0.4 is 10.6 Å². The highest BCUT2D eigenvalue weighted by Gasteiger charge is 2.22. The maximum absolute atomic E-state index is 11.8. The van der Waals surface area contributed by atoms with Crippen molar-refractivity contribution in [3.8, 4) is 0 Å². The molecule has 0 aromatic heterocycles. The molecule has 0 radical (unpaired) electrons. The lowest BCUT2D eigenvalue weighted by Crippen LogP contribution is -2.50. The summed E-state index contributed by atoms with van der Waals surface area (Å²) in [7, 11) is 3.62. The number of likely N-dealkylation sites (N-methyl/N-ethyl adjacent to an activating group) is 1. The van der Waals surface area contributed by atoms with Crippen LogP contribution in [0.3, 0.4) is 0 Å². The number of ether oxygens (including phenoxy) is 2. The van der Waals surface area contributed by atoms with Gasteiger partial charge in [0.1, 0.15) is 0 Å². The van der Waals surface area contributed by atoms with E-state index in [1.807, 2.05) is 14.1 Å². The minimum atomic E-state index is 0.170. The summed E-state index contributed by atoms with van der Waals surface area (Å²) in [4.78, 5) is 20.4. The Kier molecular flexibility index (Phi) is 10.6. The molecule has 2 fully saturated rings. The van der Waals surface area contributed by atoms with Crippen molar-refractivity contribution >= 4 is 11.9 Å². The van der Waals surface area contributed by atoms with Gasteiger partial charge < -0.3 is 25.0 Å². The van der Waals surface area contributed by atoms with E-state index in [9.17, 15) is 4.79 Å². The van der Waals surface area contributed by atoms with Crippen molar-refractivity contribution < 1.29 is 14.3 Å². The molecule has 0 spiro atoms. The van der Waals surface area contributed by atoms with Gasteiger partial charge >= 0.3 is 0 Å². The number of rotatable bonds is 10. The average molecular weight is 398 g/mol. The number of hydrogen-bond acceptors (Lipinski definition) is 5. The van der Waals surface area contributed by atoms with Gasteiger partial charge in [-0.25, -0.2) is 0 Å². The van der Waals surface area contributed by atoms with Gasteiger partial charge in [0, 0.05) is 65.4 Å². The molecule has 2 aliphatic heterocycles. The van der Waals surface area contributed by atoms with Gasteiger partial charge in [-0.15, -0.1) is 0 Å². The van der Waals surface area contributed by atoms with Gasteiger partial charge in [-0.1, -0.05) is 0 Å². The normalized spacial score (nSPS) is 21.7. The summed E-state index contributed by atoms with van der Waals surface area (Å²) in [5.74, 6) is 1.62. The highest BCUT2D eigenvalue weighted by molar-refractivity contribution is 5.80. The van der Waals surface area contributed by atoms with Crippen molar-refractivity contribution in [2.24, 2.45) is 10.9 Å². The summed E-state index contributed by atoms with van der Waals surface area (Å²) in [6.07, 6.45) is 4.10. The fraction of sp³-hybridized carbons (Fsp3) is 0.900. The van der Waals surface area contributed by atoms with E-state index in [1.54, 1.807) is 4.90 Å². The predicted octanol–water partition coefficient (Wildman–Crippen LogP) is 0.537. The maximum atomic E-state index is 11.8. The first-order chi connectivity index (χ1) is 13.6. The lowest BCUT2D eigenvalue weighted by atomic mass is 10.1. The predicted molar refractivity (Wildman–Crippen MR) is 112 cm³/mol. The monoisotopic (exact) mass is 397 g/mol. The molecule has 2 N–H and O–H groups in total. The number of aliphatic imine (C=N–C) groups is 1. The van der Waals surface area contributed by atoms with E-state index < -0.39 is 0 Å². The van der Waals surface area contributed by atoms with Gasteiger partial charge in [-0.2, -0.15) is 0 Å². The largest absolute Gasteiger partial charge is 0.381 e. The third-order valence-corrected chi connectivity index (χ3v) is 5.22. The number of likely N-dealkylation sites (tertiary alicyclic amines) is 1. The van der Waals surface area contributed by atoms with Gasteiger partial charge in [-0.05, 0) is 32.6 Å². The smallest absolute Gasteiger partial charge is 0.236 e. The number of carbonyl (C=O) groups excluding carboxylic acids is 1. The van der Waals surface area contributed by atoms with Crippen LogP contribution in [0.25, 0.3) is 0 Å². The molecule has 0 aromatic carbocycles. The second-order valence-corrected chi connectivity index (χ2v) is 7.90. The molecule has 0 bridgehead atoms. The molecule has 1 unspecified atom stereocenters. The van der Waals surface area contributed by atoms with Gasteiger partial charge in [0.2, 0.25) is 5.91 Å². The van der Waals surface area contributed by atoms with Crippen LogP contribution in [0.5, 0.6) is 0 Å². The number of nitrogens with one attached hydrogen (secondary N) is 2. The molecule has 2 rings (SSSR count). The zero-order chi connectivity index (χ0) is 20.2. The SMILES string of the molecule is CCNC(=NCCCOCC1CCOC1)NC1CCN(CC(=O)N(C)C)CC1. The molecule has 0 saturated carbocycles. The van der Waals surface area contributed by atoms with Crippen LogP contribution >= 0.6 is 0 Å². The van der Waals surface area contributed by atoms with E-state index in [0.29, 0.717) is 18.5 Å². The first-order valence-electron chi connectivity index (χ1n) is 10.7. The minimum absolute atomic E-state index is 0.170. The lowest BCUT2D eigenvalue weighted by molar-refractivity contribution is -0.130. The molecular formula is C20H39N5O3. The molecule has 2 aliphatic rings. The number of guanidine groups is 1. The number of nitrogens with zero attached hydrogens (tertiary/aromatic N) is 3. The third-order valence-electron chi connectivity index (χ3n) is 5.22. The van der Waals surface area contributed by atoms with E-state index >= 15 is 0 Å². The number of carbonyl (C=O) groups is 1. The Balaban J connectivity index is 1.61. The fourth-order valence-electron chi connectivity index (χ4n) is 3.40. The molecule has 2 saturated heterocycles. The Labute approximate surface area is 170 Å². The topological polar surface area (TPSA) is 78.4 Å². The summed E-state index contributed by atoms with van der Waals surface area (Å²) in [6.45, 7) is 9.35. The highest BCUT2D eigenvalue weighted by atomic mass is 16.5. The van der Waals surface area contributed by atoms with Crippen LogP contribution in [-0.2, 0) is 14.3 Å². The molecule has 162 valence electrons. The maximum Gasteiger partial charge on any atom is 0.236 e. The Bertz CT molecular complexity index is 472. The van der Waals surface area contributed by atoms with Crippen LogP contribution in [0.2, 0.25) is 0 Å². The second kappa shape index (κ2) is 13.0. The molecule has 28 heavy (non-hydrogen) atoms. The summed E-state index contributed by atoms with van der Waals surface area (Å²) in [5, 5.41) is 6.88. The standard InChI is InChI=1S/C20H39N5O3/c1-4-21-20(22-9-5-12-27-15-17-8-13-28-16-17)23-18-6-10-25(11-7-18)14-19(26)24(2)3/h17-18H,4-16H2,1-3H3,(H2,21,22,23). The van der Waals surface area contributed by atoms with Crippen LogP contribution in [0.4, 0.5) is 0 Å². The zero-order valence-corrected chi connectivity index (χ0v) is 17.9. The first-order valence-corrected chi connectivity index (χ1v) is 10.7. The Hall–Kier alpha value is -1.38. The first kappa shape index (κ1) is 22.9. The van der Waals surface area contributed by atoms with Crippen molar-refractivity contribution in [3.63, 3.8) is 0 Å². The molecule has 2 heterocycles. The molecule has 8 heteroatoms. The van der Waals surface area contributed by atoms with Crippen molar-refractivity contribution in [1.82, 2.24) is 20.4 Å². The number of piperidine rings is 1.